The van der Waals surface area contributed by atoms with E-state index in [2.05, 4.69) is 5.32 Å². The van der Waals surface area contributed by atoms with Crippen molar-refractivity contribution in [1.29, 1.82) is 0 Å². The number of carbonyl (C=O) groups excluding carboxylic acids is 2. The fraction of sp³-hybridized carbons (Fsp3) is 0.846. The van der Waals surface area contributed by atoms with E-state index in [1.54, 1.807) is 27.7 Å². The molecule has 0 fully saturated rings. The van der Waals surface area contributed by atoms with E-state index in [-0.39, 0.29) is 5.60 Å². The first-order chi connectivity index (χ1) is 7.94. The second-order valence-electron chi connectivity index (χ2n) is 6.24. The predicted octanol–water partition coefficient (Wildman–Crippen LogP) is 2.28. The van der Waals surface area contributed by atoms with Crippen LogP contribution >= 0.6 is 0 Å². The minimum Gasteiger partial charge on any atom is -0.444 e. The lowest BCUT2D eigenvalue weighted by Crippen LogP contribution is -2.48. The molecule has 5 nitrogen and oxygen atoms in total. The topological polar surface area (TPSA) is 64.6 Å². The fourth-order valence-corrected chi connectivity index (χ4v) is 1.34. The van der Waals surface area contributed by atoms with Crippen LogP contribution < -0.4 is 5.32 Å². The number of hydrogen-bond acceptors (Lipinski definition) is 4. The average molecular weight is 259 g/mol. The molecule has 0 radical (unpaired) electrons. The quantitative estimate of drug-likeness (QED) is 0.787. The van der Waals surface area contributed by atoms with E-state index in [1.807, 2.05) is 20.8 Å². The lowest BCUT2D eigenvalue weighted by molar-refractivity contribution is -0.117. The maximum Gasteiger partial charge on any atom is 0.408 e. The molecule has 2 unspecified atom stereocenters. The molecular weight excluding hydrogens is 234 g/mol. The molecule has 1 amide bonds. The van der Waals surface area contributed by atoms with Crippen molar-refractivity contribution in [2.75, 3.05) is 0 Å². The van der Waals surface area contributed by atoms with Gasteiger partial charge in [0.25, 0.3) is 0 Å². The van der Waals surface area contributed by atoms with E-state index in [0.29, 0.717) is 6.29 Å². The van der Waals surface area contributed by atoms with Crippen LogP contribution in [-0.2, 0) is 14.3 Å². The van der Waals surface area contributed by atoms with Gasteiger partial charge in [-0.3, -0.25) is 0 Å². The Kier molecular flexibility index (Phi) is 5.80. The lowest BCUT2D eigenvalue weighted by Gasteiger charge is -2.29. The highest BCUT2D eigenvalue weighted by Crippen LogP contribution is 2.13. The van der Waals surface area contributed by atoms with Gasteiger partial charge in [0.15, 0.2) is 0 Å². The van der Waals surface area contributed by atoms with Gasteiger partial charge < -0.3 is 19.6 Å². The molecule has 0 aliphatic rings. The van der Waals surface area contributed by atoms with E-state index >= 15 is 0 Å². The third kappa shape index (κ3) is 8.06. The molecule has 0 bridgehead atoms. The van der Waals surface area contributed by atoms with E-state index in [4.69, 9.17) is 9.47 Å². The van der Waals surface area contributed by atoms with E-state index in [1.165, 1.54) is 0 Å². The molecule has 18 heavy (non-hydrogen) atoms. The molecule has 5 heteroatoms. The van der Waals surface area contributed by atoms with Gasteiger partial charge in [0.05, 0.1) is 11.7 Å². The minimum absolute atomic E-state index is 0.379. The molecule has 0 heterocycles. The van der Waals surface area contributed by atoms with Crippen molar-refractivity contribution in [3.63, 3.8) is 0 Å². The summed E-state index contributed by atoms with van der Waals surface area (Å²) in [4.78, 5) is 22.5. The Morgan fingerprint density at radius 1 is 1.11 bits per heavy atom. The average Bonchev–Trinajstić information content (AvgIpc) is 2.07. The second kappa shape index (κ2) is 6.18. The van der Waals surface area contributed by atoms with Crippen LogP contribution in [0.15, 0.2) is 0 Å². The van der Waals surface area contributed by atoms with Gasteiger partial charge in [0.2, 0.25) is 0 Å². The molecule has 0 aromatic rings. The standard InChI is InChI=1S/C13H25NO4/c1-9(17-12(2,3)4)10(8-15)14-11(16)18-13(5,6)7/h8-10H,1-7H3,(H,14,16). The Morgan fingerprint density at radius 3 is 1.94 bits per heavy atom. The number of hydrogen-bond donors (Lipinski definition) is 1. The van der Waals surface area contributed by atoms with Gasteiger partial charge in [-0.05, 0) is 48.5 Å². The normalized spacial score (nSPS) is 15.7. The Morgan fingerprint density at radius 2 is 1.61 bits per heavy atom. The first-order valence-electron chi connectivity index (χ1n) is 6.07. The number of carbonyl (C=O) groups is 2. The third-order valence-corrected chi connectivity index (χ3v) is 1.88. The molecular formula is C13H25NO4. The lowest BCUT2D eigenvalue weighted by atomic mass is 10.1. The summed E-state index contributed by atoms with van der Waals surface area (Å²) in [5.41, 5.74) is -0.970. The summed E-state index contributed by atoms with van der Waals surface area (Å²) >= 11 is 0. The monoisotopic (exact) mass is 259 g/mol. The molecule has 0 saturated heterocycles. The Hall–Kier alpha value is -1.10. The molecule has 2 atom stereocenters. The van der Waals surface area contributed by atoms with Crippen molar-refractivity contribution < 1.29 is 19.1 Å². The molecule has 0 aromatic carbocycles. The molecule has 106 valence electrons. The summed E-state index contributed by atoms with van der Waals surface area (Å²) in [5.74, 6) is 0. The molecule has 0 aliphatic carbocycles. The minimum atomic E-state index is -0.723. The van der Waals surface area contributed by atoms with Crippen LogP contribution in [0.2, 0.25) is 0 Å². The van der Waals surface area contributed by atoms with Crippen molar-refractivity contribution in [2.45, 2.75) is 71.8 Å². The molecule has 0 saturated carbocycles. The third-order valence-electron chi connectivity index (χ3n) is 1.88. The number of aldehydes is 1. The summed E-state index contributed by atoms with van der Waals surface area (Å²) in [6.45, 7) is 12.7. The van der Waals surface area contributed by atoms with Crippen LogP contribution in [0.5, 0.6) is 0 Å². The smallest absolute Gasteiger partial charge is 0.408 e. The van der Waals surface area contributed by atoms with Crippen LogP contribution in [0.3, 0.4) is 0 Å². The summed E-state index contributed by atoms with van der Waals surface area (Å²) in [7, 11) is 0. The Balaban J connectivity index is 4.43. The van der Waals surface area contributed by atoms with Gasteiger partial charge in [-0.25, -0.2) is 4.79 Å². The first-order valence-corrected chi connectivity index (χ1v) is 6.07. The summed E-state index contributed by atoms with van der Waals surface area (Å²) in [6.07, 6.45) is -0.390. The zero-order chi connectivity index (χ0) is 14.6. The van der Waals surface area contributed by atoms with Crippen LogP contribution in [0, 0.1) is 0 Å². The number of alkyl carbamates (subject to hydrolysis) is 1. The number of amides is 1. The highest BCUT2D eigenvalue weighted by Gasteiger charge is 2.26. The van der Waals surface area contributed by atoms with Gasteiger partial charge in [-0.15, -0.1) is 0 Å². The van der Waals surface area contributed by atoms with E-state index in [9.17, 15) is 9.59 Å². The summed E-state index contributed by atoms with van der Waals surface area (Å²) < 4.78 is 10.7. The number of rotatable bonds is 4. The van der Waals surface area contributed by atoms with Crippen molar-refractivity contribution in [2.24, 2.45) is 0 Å². The predicted molar refractivity (Wildman–Crippen MR) is 69.5 cm³/mol. The zero-order valence-electron chi connectivity index (χ0n) is 12.4. The zero-order valence-corrected chi connectivity index (χ0v) is 12.4. The van der Waals surface area contributed by atoms with E-state index < -0.39 is 23.8 Å². The van der Waals surface area contributed by atoms with E-state index in [0.717, 1.165) is 0 Å². The van der Waals surface area contributed by atoms with Crippen LogP contribution in [0.4, 0.5) is 4.79 Å². The SMILES string of the molecule is CC(OC(C)(C)C)C(C=O)NC(=O)OC(C)(C)C. The largest absolute Gasteiger partial charge is 0.444 e. The Bertz CT molecular complexity index is 288. The van der Waals surface area contributed by atoms with Crippen LogP contribution in [0.1, 0.15) is 48.5 Å². The second-order valence-corrected chi connectivity index (χ2v) is 6.24. The van der Waals surface area contributed by atoms with Gasteiger partial charge >= 0.3 is 6.09 Å². The van der Waals surface area contributed by atoms with Crippen molar-refractivity contribution in [3.8, 4) is 0 Å². The van der Waals surface area contributed by atoms with Gasteiger partial charge in [-0.2, -0.15) is 0 Å². The van der Waals surface area contributed by atoms with Crippen LogP contribution in [0.25, 0.3) is 0 Å². The van der Waals surface area contributed by atoms with Gasteiger partial charge in [-0.1, -0.05) is 0 Å². The van der Waals surface area contributed by atoms with Gasteiger partial charge in [0, 0.05) is 0 Å². The first kappa shape index (κ1) is 16.9. The molecule has 1 N–H and O–H groups in total. The van der Waals surface area contributed by atoms with Crippen LogP contribution in [-0.4, -0.2) is 35.7 Å². The summed E-state index contributed by atoms with van der Waals surface area (Å²) in [6, 6.07) is -0.723. The molecule has 0 rings (SSSR count). The fourth-order valence-electron chi connectivity index (χ4n) is 1.34. The van der Waals surface area contributed by atoms with Crippen molar-refractivity contribution >= 4 is 12.4 Å². The maximum absolute atomic E-state index is 11.6. The molecule has 0 aromatic heterocycles. The van der Waals surface area contributed by atoms with Crippen molar-refractivity contribution in [3.05, 3.63) is 0 Å². The highest BCUT2D eigenvalue weighted by atomic mass is 16.6. The van der Waals surface area contributed by atoms with Crippen molar-refractivity contribution in [1.82, 2.24) is 5.32 Å². The molecule has 0 spiro atoms. The summed E-state index contributed by atoms with van der Waals surface area (Å²) in [5, 5.41) is 2.49. The molecule has 0 aliphatic heterocycles. The van der Waals surface area contributed by atoms with Gasteiger partial charge in [0.1, 0.15) is 17.9 Å². The number of ether oxygens (including phenoxy) is 2. The highest BCUT2D eigenvalue weighted by molar-refractivity contribution is 5.73. The number of nitrogens with one attached hydrogen (secondary N) is 1. The Labute approximate surface area is 109 Å². The maximum atomic E-state index is 11.6.